The summed E-state index contributed by atoms with van der Waals surface area (Å²) in [5, 5.41) is 9.38. The number of fused-ring (bicyclic) bond motifs is 2. The van der Waals surface area contributed by atoms with E-state index in [9.17, 15) is 18.7 Å². The van der Waals surface area contributed by atoms with Gasteiger partial charge in [-0.05, 0) is 24.8 Å². The molecule has 0 bridgehead atoms. The number of halogens is 2. The fourth-order valence-corrected chi connectivity index (χ4v) is 3.20. The largest absolute Gasteiger partial charge is 0.505 e. The Labute approximate surface area is 102 Å². The van der Waals surface area contributed by atoms with Crippen LogP contribution in [0.1, 0.15) is 24.0 Å². The van der Waals surface area contributed by atoms with Crippen LogP contribution in [-0.2, 0) is 21.4 Å². The topological polar surface area (TPSA) is 46.5 Å². The first-order valence-corrected chi connectivity index (χ1v) is 5.79. The van der Waals surface area contributed by atoms with Gasteiger partial charge in [0.2, 0.25) is 0 Å². The molecular weight excluding hydrogens is 242 g/mol. The van der Waals surface area contributed by atoms with Gasteiger partial charge in [-0.15, -0.1) is 0 Å². The summed E-state index contributed by atoms with van der Waals surface area (Å²) in [7, 11) is 1.28. The molecule has 1 aromatic carbocycles. The lowest BCUT2D eigenvalue weighted by molar-refractivity contribution is -0.142. The van der Waals surface area contributed by atoms with Crippen LogP contribution in [-0.4, -0.2) is 18.2 Å². The lowest BCUT2D eigenvalue weighted by Gasteiger charge is -2.12. The van der Waals surface area contributed by atoms with Crippen LogP contribution in [0.25, 0.3) is 0 Å². The van der Waals surface area contributed by atoms with Crippen molar-refractivity contribution < 1.29 is 23.4 Å². The van der Waals surface area contributed by atoms with Crippen LogP contribution in [0.2, 0.25) is 0 Å². The van der Waals surface area contributed by atoms with Gasteiger partial charge in [-0.3, -0.25) is 4.79 Å². The highest BCUT2D eigenvalue weighted by Gasteiger charge is 2.64. The Bertz CT molecular complexity index is 556. The molecule has 2 atom stereocenters. The second kappa shape index (κ2) is 3.43. The second-order valence-corrected chi connectivity index (χ2v) is 4.98. The number of carbonyl (C=O) groups is 1. The standard InChI is InChI=1S/C13H12F2O3/c1-18-12(17)7-5-13(7)3-2-6-8(14)4-9(16)11(15)10(6)13/h4,7,16H,2-3,5H2,1H3. The molecule has 1 aromatic rings. The van der Waals surface area contributed by atoms with Crippen LogP contribution in [0.15, 0.2) is 6.07 Å². The lowest BCUT2D eigenvalue weighted by atomic mass is 9.94. The van der Waals surface area contributed by atoms with Gasteiger partial charge in [0.15, 0.2) is 11.6 Å². The molecule has 2 aliphatic rings. The van der Waals surface area contributed by atoms with Crippen molar-refractivity contribution in [2.24, 2.45) is 5.92 Å². The monoisotopic (exact) mass is 254 g/mol. The van der Waals surface area contributed by atoms with E-state index in [-0.39, 0.29) is 11.1 Å². The summed E-state index contributed by atoms with van der Waals surface area (Å²) in [6.45, 7) is 0. The van der Waals surface area contributed by atoms with Gasteiger partial charge in [-0.2, -0.15) is 0 Å². The third kappa shape index (κ3) is 1.24. The fourth-order valence-electron chi connectivity index (χ4n) is 3.20. The maximum atomic E-state index is 14.0. The Morgan fingerprint density at radius 3 is 2.94 bits per heavy atom. The minimum atomic E-state index is -0.796. The highest BCUT2D eigenvalue weighted by molar-refractivity contribution is 5.80. The first-order chi connectivity index (χ1) is 8.51. The number of carbonyl (C=O) groups excluding carboxylic acids is 1. The zero-order chi connectivity index (χ0) is 13.1. The number of phenols is 1. The summed E-state index contributed by atoms with van der Waals surface area (Å²) < 4.78 is 32.3. The van der Waals surface area contributed by atoms with Crippen molar-refractivity contribution >= 4 is 5.97 Å². The van der Waals surface area contributed by atoms with Crippen LogP contribution in [0.4, 0.5) is 8.78 Å². The Morgan fingerprint density at radius 1 is 1.56 bits per heavy atom. The Kier molecular flexibility index (Phi) is 2.18. The number of phenolic OH excluding ortho intramolecular Hbond substituents is 1. The molecule has 0 saturated heterocycles. The van der Waals surface area contributed by atoms with E-state index < -0.39 is 34.7 Å². The number of hydrogen-bond donors (Lipinski definition) is 1. The van der Waals surface area contributed by atoms with Gasteiger partial charge in [0, 0.05) is 17.0 Å². The first kappa shape index (κ1) is 11.4. The summed E-state index contributed by atoms with van der Waals surface area (Å²) >= 11 is 0. The molecule has 2 unspecified atom stereocenters. The SMILES string of the molecule is COC(=O)C1CC12CCc1c(F)cc(O)c(F)c12. The number of benzene rings is 1. The van der Waals surface area contributed by atoms with Crippen molar-refractivity contribution in [1.29, 1.82) is 0 Å². The van der Waals surface area contributed by atoms with Crippen LogP contribution in [0.5, 0.6) is 5.75 Å². The van der Waals surface area contributed by atoms with E-state index in [1.54, 1.807) is 0 Å². The van der Waals surface area contributed by atoms with Crippen molar-refractivity contribution in [2.75, 3.05) is 7.11 Å². The molecule has 0 amide bonds. The van der Waals surface area contributed by atoms with Gasteiger partial charge >= 0.3 is 5.97 Å². The molecule has 0 heterocycles. The number of aromatic hydroxyl groups is 1. The van der Waals surface area contributed by atoms with Crippen molar-refractivity contribution in [3.63, 3.8) is 0 Å². The zero-order valence-electron chi connectivity index (χ0n) is 9.80. The van der Waals surface area contributed by atoms with Crippen molar-refractivity contribution in [3.8, 4) is 5.75 Å². The molecule has 1 spiro atoms. The van der Waals surface area contributed by atoms with Crippen molar-refractivity contribution in [1.82, 2.24) is 0 Å². The molecular formula is C13H12F2O3. The van der Waals surface area contributed by atoms with E-state index in [1.807, 2.05) is 0 Å². The van der Waals surface area contributed by atoms with E-state index in [0.29, 0.717) is 19.3 Å². The van der Waals surface area contributed by atoms with Crippen LogP contribution < -0.4 is 0 Å². The molecule has 3 nitrogen and oxygen atoms in total. The molecule has 2 aliphatic carbocycles. The van der Waals surface area contributed by atoms with Gasteiger partial charge < -0.3 is 9.84 Å². The zero-order valence-corrected chi connectivity index (χ0v) is 9.80. The van der Waals surface area contributed by atoms with Crippen LogP contribution in [0.3, 0.4) is 0 Å². The quantitative estimate of drug-likeness (QED) is 0.780. The minimum Gasteiger partial charge on any atom is -0.505 e. The molecule has 0 radical (unpaired) electrons. The van der Waals surface area contributed by atoms with Gasteiger partial charge in [0.05, 0.1) is 13.0 Å². The minimum absolute atomic E-state index is 0.176. The third-order valence-corrected chi connectivity index (χ3v) is 4.18. The second-order valence-electron chi connectivity index (χ2n) is 4.98. The number of rotatable bonds is 1. The molecule has 18 heavy (non-hydrogen) atoms. The highest BCUT2D eigenvalue weighted by Crippen LogP contribution is 2.63. The van der Waals surface area contributed by atoms with E-state index in [4.69, 9.17) is 0 Å². The van der Waals surface area contributed by atoms with Crippen LogP contribution >= 0.6 is 0 Å². The van der Waals surface area contributed by atoms with E-state index in [1.165, 1.54) is 7.11 Å². The number of hydrogen-bond acceptors (Lipinski definition) is 3. The first-order valence-electron chi connectivity index (χ1n) is 5.79. The van der Waals surface area contributed by atoms with Crippen molar-refractivity contribution in [3.05, 3.63) is 28.8 Å². The fraction of sp³-hybridized carbons (Fsp3) is 0.462. The predicted molar refractivity (Wildman–Crippen MR) is 58.1 cm³/mol. The molecule has 0 aromatic heterocycles. The maximum Gasteiger partial charge on any atom is 0.309 e. The van der Waals surface area contributed by atoms with Gasteiger partial charge in [-0.1, -0.05) is 0 Å². The molecule has 1 saturated carbocycles. The van der Waals surface area contributed by atoms with Gasteiger partial charge in [0.25, 0.3) is 0 Å². The molecule has 96 valence electrons. The van der Waals surface area contributed by atoms with E-state index >= 15 is 0 Å². The molecule has 1 N–H and O–H groups in total. The molecule has 1 fully saturated rings. The average molecular weight is 254 g/mol. The summed E-state index contributed by atoms with van der Waals surface area (Å²) in [4.78, 5) is 11.5. The Hall–Kier alpha value is -1.65. The highest BCUT2D eigenvalue weighted by atomic mass is 19.1. The van der Waals surface area contributed by atoms with E-state index in [2.05, 4.69) is 4.74 Å². The normalized spacial score (nSPS) is 28.3. The van der Waals surface area contributed by atoms with Gasteiger partial charge in [-0.25, -0.2) is 8.78 Å². The molecule has 3 rings (SSSR count). The molecule has 0 aliphatic heterocycles. The van der Waals surface area contributed by atoms with E-state index in [0.717, 1.165) is 6.07 Å². The average Bonchev–Trinajstić information content (AvgIpc) is 2.92. The molecule has 5 heteroatoms. The number of ether oxygens (including phenoxy) is 1. The van der Waals surface area contributed by atoms with Gasteiger partial charge in [0.1, 0.15) is 5.82 Å². The lowest BCUT2D eigenvalue weighted by Crippen LogP contribution is -2.15. The Balaban J connectivity index is 2.11. The maximum absolute atomic E-state index is 14.0. The predicted octanol–water partition coefficient (Wildman–Crippen LogP) is 2.05. The summed E-state index contributed by atoms with van der Waals surface area (Å²) in [6.07, 6.45) is 1.39. The smallest absolute Gasteiger partial charge is 0.309 e. The number of esters is 1. The van der Waals surface area contributed by atoms with Crippen molar-refractivity contribution in [2.45, 2.75) is 24.7 Å². The summed E-state index contributed by atoms with van der Waals surface area (Å²) in [5.41, 5.74) is -0.196. The summed E-state index contributed by atoms with van der Waals surface area (Å²) in [5.74, 6) is -2.90. The van der Waals surface area contributed by atoms with Crippen LogP contribution in [0, 0.1) is 17.6 Å². The number of methoxy groups -OCH3 is 1. The third-order valence-electron chi connectivity index (χ3n) is 4.18. The Morgan fingerprint density at radius 2 is 2.28 bits per heavy atom. The summed E-state index contributed by atoms with van der Waals surface area (Å²) in [6, 6.07) is 0.794.